The standard InChI is InChI=1S/C11H24O3.C11H24O2.C9H20O2.C9H20O.C7H16O.C7H16.4CH4/c1-11(2,3)5-6-13-9-10-14-8-7-12-4;1-5-7-12-9-10-13-8-6-11(2,3)4;1-9(2,3)5-6-11-8-7-10-4;1-5-7-10-8-6-9(2,3)4;1-7(2,3)5-6-8-4;1-5-6-7(2,3)4;;;;/h5-10H2,1-4H3;5-10H2,1-4H3;5-8H2,1-4H3;5-8H2,1-4H3;5-6H2,1-4H3;5-6H2,1-4H3;4*1H4. The van der Waals surface area contributed by atoms with Crippen LogP contribution in [-0.2, 0) is 42.6 Å². The maximum Gasteiger partial charge on any atom is 0.0701 e. The number of ether oxygens (including phenoxy) is 9. The topological polar surface area (TPSA) is 83.1 Å². The van der Waals surface area contributed by atoms with Gasteiger partial charge >= 0.3 is 0 Å². The molecule has 9 heteroatoms. The smallest absolute Gasteiger partial charge is 0.0701 e. The average molecular weight is 978 g/mol. The molecule has 422 valence electrons. The fourth-order valence-electron chi connectivity index (χ4n) is 4.09. The Hall–Kier alpha value is -0.360. The summed E-state index contributed by atoms with van der Waals surface area (Å²) in [6.07, 6.45) is 10.5. The predicted octanol–water partition coefficient (Wildman–Crippen LogP) is 17.3. The van der Waals surface area contributed by atoms with Gasteiger partial charge in [-0.3, -0.25) is 0 Å². The van der Waals surface area contributed by atoms with Crippen molar-refractivity contribution in [2.24, 2.45) is 32.5 Å². The zero-order chi connectivity index (χ0) is 50.3. The molecule has 0 bridgehead atoms. The predicted molar refractivity (Wildman–Crippen MR) is 303 cm³/mol. The third-order valence-corrected chi connectivity index (χ3v) is 8.35. The van der Waals surface area contributed by atoms with E-state index in [0.717, 1.165) is 104 Å². The minimum Gasteiger partial charge on any atom is -0.385 e. The Kier molecular flexibility index (Phi) is 77.8. The number of rotatable bonds is 27. The van der Waals surface area contributed by atoms with Crippen LogP contribution in [0.2, 0.25) is 0 Å². The van der Waals surface area contributed by atoms with Crippen molar-refractivity contribution in [3.05, 3.63) is 0 Å². The second-order valence-electron chi connectivity index (χ2n) is 23.5. The van der Waals surface area contributed by atoms with Crippen LogP contribution < -0.4 is 0 Å². The third kappa shape index (κ3) is 133. The summed E-state index contributed by atoms with van der Waals surface area (Å²) < 4.78 is 46.7. The fourth-order valence-corrected chi connectivity index (χ4v) is 4.09. The summed E-state index contributed by atoms with van der Waals surface area (Å²) in [5.74, 6) is 0. The van der Waals surface area contributed by atoms with Crippen LogP contribution in [0.4, 0.5) is 0 Å². The van der Waals surface area contributed by atoms with Crippen molar-refractivity contribution in [1.82, 2.24) is 0 Å². The summed E-state index contributed by atoms with van der Waals surface area (Å²) in [5, 5.41) is 0. The average Bonchev–Trinajstić information content (AvgIpc) is 3.12. The van der Waals surface area contributed by atoms with Crippen molar-refractivity contribution in [1.29, 1.82) is 0 Å². The molecule has 9 nitrogen and oxygen atoms in total. The van der Waals surface area contributed by atoms with Gasteiger partial charge in [-0.25, -0.2) is 0 Å². The molecular formula is C58H136O9. The van der Waals surface area contributed by atoms with Crippen LogP contribution in [0.5, 0.6) is 0 Å². The van der Waals surface area contributed by atoms with Crippen molar-refractivity contribution in [2.45, 2.75) is 233 Å². The van der Waals surface area contributed by atoms with Gasteiger partial charge in [-0.05, 0) is 83.9 Å². The fraction of sp³-hybridized carbons (Fsp3) is 1.00. The summed E-state index contributed by atoms with van der Waals surface area (Å²) in [4.78, 5) is 0. The van der Waals surface area contributed by atoms with Crippen LogP contribution in [-0.4, -0.2) is 120 Å². The van der Waals surface area contributed by atoms with Crippen molar-refractivity contribution in [3.63, 3.8) is 0 Å². The Bertz CT molecular complexity index is 824. The highest BCUT2D eigenvalue weighted by Gasteiger charge is 2.12. The quantitative estimate of drug-likeness (QED) is 0.0747. The van der Waals surface area contributed by atoms with E-state index in [0.29, 0.717) is 72.1 Å². The molecule has 0 atom stereocenters. The third-order valence-electron chi connectivity index (χ3n) is 8.35. The van der Waals surface area contributed by atoms with Crippen LogP contribution in [0.25, 0.3) is 0 Å². The second kappa shape index (κ2) is 58.2. The van der Waals surface area contributed by atoms with Crippen LogP contribution in [0, 0.1) is 32.5 Å². The molecule has 0 spiro atoms. The van der Waals surface area contributed by atoms with Gasteiger partial charge in [0.1, 0.15) is 0 Å². The zero-order valence-electron chi connectivity index (χ0n) is 47.6. The first-order valence-electron chi connectivity index (χ1n) is 24.8. The Morgan fingerprint density at radius 3 is 0.552 bits per heavy atom. The normalized spacial score (nSPS) is 11.3. The first kappa shape index (κ1) is 89.5. The van der Waals surface area contributed by atoms with E-state index < -0.39 is 0 Å². The van der Waals surface area contributed by atoms with Crippen LogP contribution in [0.15, 0.2) is 0 Å². The summed E-state index contributed by atoms with van der Waals surface area (Å²) >= 11 is 0. The molecule has 0 aliphatic heterocycles. The summed E-state index contributed by atoms with van der Waals surface area (Å²) in [6, 6.07) is 0. The second-order valence-corrected chi connectivity index (χ2v) is 23.5. The van der Waals surface area contributed by atoms with Gasteiger partial charge in [-0.1, -0.05) is 182 Å². The summed E-state index contributed by atoms with van der Waals surface area (Å²) in [6.45, 7) is 58.2. The number of hydrogen-bond donors (Lipinski definition) is 0. The largest absolute Gasteiger partial charge is 0.385 e. The van der Waals surface area contributed by atoms with Crippen LogP contribution in [0.3, 0.4) is 0 Å². The molecule has 0 fully saturated rings. The molecule has 0 aliphatic rings. The molecule has 67 heavy (non-hydrogen) atoms. The highest BCUT2D eigenvalue weighted by Crippen LogP contribution is 2.21. The van der Waals surface area contributed by atoms with Crippen molar-refractivity contribution in [2.75, 3.05) is 120 Å². The van der Waals surface area contributed by atoms with Crippen molar-refractivity contribution >= 4 is 0 Å². The van der Waals surface area contributed by atoms with Gasteiger partial charge in [0, 0.05) is 67.6 Å². The van der Waals surface area contributed by atoms with E-state index in [9.17, 15) is 0 Å². The van der Waals surface area contributed by atoms with E-state index >= 15 is 0 Å². The zero-order valence-corrected chi connectivity index (χ0v) is 47.6. The molecule has 0 amide bonds. The van der Waals surface area contributed by atoms with Gasteiger partial charge in [0.25, 0.3) is 0 Å². The van der Waals surface area contributed by atoms with Gasteiger partial charge in [0.2, 0.25) is 0 Å². The highest BCUT2D eigenvalue weighted by molar-refractivity contribution is 4.62. The molecule has 0 radical (unpaired) electrons. The molecular weight excluding hydrogens is 841 g/mol. The van der Waals surface area contributed by atoms with Crippen molar-refractivity contribution in [3.8, 4) is 0 Å². The van der Waals surface area contributed by atoms with E-state index in [1.54, 1.807) is 21.3 Å². The van der Waals surface area contributed by atoms with E-state index in [-0.39, 0.29) is 29.7 Å². The highest BCUT2D eigenvalue weighted by atomic mass is 16.5. The molecule has 0 unspecified atom stereocenters. The van der Waals surface area contributed by atoms with E-state index in [1.165, 1.54) is 12.8 Å². The van der Waals surface area contributed by atoms with Crippen LogP contribution in [0.1, 0.15) is 233 Å². The van der Waals surface area contributed by atoms with Crippen molar-refractivity contribution < 1.29 is 42.6 Å². The van der Waals surface area contributed by atoms with E-state index in [1.807, 2.05) is 0 Å². The maximum atomic E-state index is 5.43. The Labute approximate surface area is 427 Å². The van der Waals surface area contributed by atoms with Gasteiger partial charge in [-0.15, -0.1) is 0 Å². The minimum absolute atomic E-state index is 0. The van der Waals surface area contributed by atoms with E-state index in [4.69, 9.17) is 42.6 Å². The lowest BCUT2D eigenvalue weighted by Gasteiger charge is -2.17. The molecule has 0 aromatic rings. The molecule has 0 heterocycles. The van der Waals surface area contributed by atoms with Gasteiger partial charge in [0.15, 0.2) is 0 Å². The van der Waals surface area contributed by atoms with E-state index in [2.05, 4.69) is 145 Å². The molecule has 0 aromatic carbocycles. The maximum absolute atomic E-state index is 5.43. The summed E-state index contributed by atoms with van der Waals surface area (Å²) in [5.41, 5.74) is 2.52. The molecule has 0 rings (SSSR count). The minimum atomic E-state index is 0. The number of hydrogen-bond acceptors (Lipinski definition) is 9. The Balaban J connectivity index is -0.0000000729. The van der Waals surface area contributed by atoms with Gasteiger partial charge in [-0.2, -0.15) is 0 Å². The molecule has 0 aliphatic carbocycles. The molecule has 0 saturated carbocycles. The lowest BCUT2D eigenvalue weighted by Crippen LogP contribution is -2.13. The first-order chi connectivity index (χ1) is 28.9. The first-order valence-corrected chi connectivity index (χ1v) is 24.8. The molecule has 0 aromatic heterocycles. The number of methoxy groups -OCH3 is 3. The lowest BCUT2D eigenvalue weighted by molar-refractivity contribution is 0.0194. The SMILES string of the molecule is C.C.C.C.CCCC(C)(C)C.CCCOCCC(C)(C)C.CCCOCCOCCC(C)(C)C.COCCC(C)(C)C.COCCOCCC(C)(C)C.COCCOCCOCCC(C)(C)C. The molecule has 0 saturated heterocycles. The lowest BCUT2D eigenvalue weighted by atomic mass is 9.91. The van der Waals surface area contributed by atoms with Crippen LogP contribution >= 0.6 is 0 Å². The molecule has 0 N–H and O–H groups in total. The Morgan fingerprint density at radius 2 is 0.388 bits per heavy atom. The monoisotopic (exact) mass is 977 g/mol. The van der Waals surface area contributed by atoms with Gasteiger partial charge in [0.05, 0.1) is 52.9 Å². The summed E-state index contributed by atoms with van der Waals surface area (Å²) in [7, 11) is 5.10. The Morgan fingerprint density at radius 1 is 0.209 bits per heavy atom. The van der Waals surface area contributed by atoms with Gasteiger partial charge < -0.3 is 42.6 Å².